The lowest BCUT2D eigenvalue weighted by Crippen LogP contribution is -2.39. The Morgan fingerprint density at radius 1 is 1.15 bits per heavy atom. The van der Waals surface area contributed by atoms with Crippen molar-refractivity contribution in [2.75, 3.05) is 7.05 Å². The Labute approximate surface area is 79.0 Å². The molecule has 1 saturated heterocycles. The van der Waals surface area contributed by atoms with E-state index < -0.39 is 0 Å². The lowest BCUT2D eigenvalue weighted by atomic mass is 9.78. The minimum absolute atomic E-state index is 0.691. The number of rotatable bonds is 1. The van der Waals surface area contributed by atoms with E-state index in [0.717, 1.165) is 29.7 Å². The molecule has 2 heteroatoms. The maximum Gasteiger partial charge on any atom is 0.0876 e. The number of hydrogen-bond acceptors (Lipinski definition) is 2. The van der Waals surface area contributed by atoms with E-state index in [1.54, 1.807) is 0 Å². The van der Waals surface area contributed by atoms with E-state index in [1.165, 1.54) is 19.3 Å². The molecule has 1 N–H and O–H groups in total. The van der Waals surface area contributed by atoms with Crippen LogP contribution in [0.5, 0.6) is 0 Å². The Balaban J connectivity index is 1.67. The van der Waals surface area contributed by atoms with Crippen LogP contribution in [0.25, 0.3) is 0 Å². The summed E-state index contributed by atoms with van der Waals surface area (Å²) >= 11 is 0. The summed E-state index contributed by atoms with van der Waals surface area (Å²) in [6.45, 7) is 0. The van der Waals surface area contributed by atoms with Crippen LogP contribution >= 0.6 is 0 Å². The second-order valence-electron chi connectivity index (χ2n) is 5.41. The summed E-state index contributed by atoms with van der Waals surface area (Å²) in [5, 5.41) is 3.49. The molecule has 3 saturated carbocycles. The Morgan fingerprint density at radius 2 is 2.08 bits per heavy atom. The van der Waals surface area contributed by atoms with Gasteiger partial charge in [0.25, 0.3) is 0 Å². The van der Waals surface area contributed by atoms with Crippen LogP contribution in [-0.4, -0.2) is 25.3 Å². The Kier molecular flexibility index (Phi) is 1.18. The van der Waals surface area contributed by atoms with Crippen LogP contribution in [0.1, 0.15) is 19.3 Å². The zero-order valence-corrected chi connectivity index (χ0v) is 8.07. The Bertz CT molecular complexity index is 254. The second kappa shape index (κ2) is 2.12. The standard InChI is InChI=1S/C11H17NO/c1-12-8-3-5-2-7(8)10-6(5)4-9-11(10)13-9/h5-12H,2-4H2,1H3. The van der Waals surface area contributed by atoms with Crippen LogP contribution in [0.15, 0.2) is 0 Å². The second-order valence-corrected chi connectivity index (χ2v) is 5.41. The molecule has 0 spiro atoms. The van der Waals surface area contributed by atoms with Gasteiger partial charge in [-0.3, -0.25) is 0 Å². The van der Waals surface area contributed by atoms with Crippen molar-refractivity contribution in [2.45, 2.75) is 37.5 Å². The molecule has 3 aliphatic carbocycles. The number of nitrogens with one attached hydrogen (secondary N) is 1. The molecule has 0 aromatic rings. The molecule has 2 nitrogen and oxygen atoms in total. The zero-order chi connectivity index (χ0) is 8.58. The summed E-state index contributed by atoms with van der Waals surface area (Å²) in [6.07, 6.45) is 5.72. The summed E-state index contributed by atoms with van der Waals surface area (Å²) in [5.41, 5.74) is 0. The summed E-state index contributed by atoms with van der Waals surface area (Å²) in [5.74, 6) is 4.00. The average molecular weight is 179 g/mol. The van der Waals surface area contributed by atoms with Crippen molar-refractivity contribution in [3.8, 4) is 0 Å². The normalized spacial score (nSPS) is 66.7. The van der Waals surface area contributed by atoms with E-state index in [1.807, 2.05) is 0 Å². The third-order valence-electron chi connectivity index (χ3n) is 5.12. The Hall–Kier alpha value is -0.0800. The van der Waals surface area contributed by atoms with Crippen LogP contribution in [0, 0.1) is 23.7 Å². The third-order valence-corrected chi connectivity index (χ3v) is 5.12. The van der Waals surface area contributed by atoms with Gasteiger partial charge in [-0.1, -0.05) is 0 Å². The van der Waals surface area contributed by atoms with Crippen LogP contribution in [0.4, 0.5) is 0 Å². The van der Waals surface area contributed by atoms with E-state index in [9.17, 15) is 0 Å². The van der Waals surface area contributed by atoms with Gasteiger partial charge in [0, 0.05) is 6.04 Å². The highest BCUT2D eigenvalue weighted by Gasteiger charge is 2.66. The van der Waals surface area contributed by atoms with Gasteiger partial charge < -0.3 is 10.1 Å². The van der Waals surface area contributed by atoms with Gasteiger partial charge in [0.1, 0.15) is 0 Å². The number of fused-ring (bicyclic) bond motifs is 7. The minimum Gasteiger partial charge on any atom is -0.369 e. The molecule has 7 unspecified atom stereocenters. The van der Waals surface area contributed by atoms with Gasteiger partial charge in [-0.15, -0.1) is 0 Å². The van der Waals surface area contributed by atoms with Gasteiger partial charge in [-0.25, -0.2) is 0 Å². The van der Waals surface area contributed by atoms with E-state index in [-0.39, 0.29) is 0 Å². The van der Waals surface area contributed by atoms with Crippen molar-refractivity contribution in [1.82, 2.24) is 5.32 Å². The SMILES string of the molecule is CNC1CC2CC1C1C2CC2OC21. The van der Waals surface area contributed by atoms with Crippen molar-refractivity contribution in [3.63, 3.8) is 0 Å². The fourth-order valence-corrected chi connectivity index (χ4v) is 4.64. The van der Waals surface area contributed by atoms with Gasteiger partial charge in [0.2, 0.25) is 0 Å². The number of ether oxygens (including phenoxy) is 1. The zero-order valence-electron chi connectivity index (χ0n) is 8.07. The van der Waals surface area contributed by atoms with Crippen LogP contribution in [-0.2, 0) is 4.74 Å². The van der Waals surface area contributed by atoms with Gasteiger partial charge in [-0.05, 0) is 50.0 Å². The lowest BCUT2D eigenvalue weighted by molar-refractivity contribution is 0.127. The number of hydrogen-bond donors (Lipinski definition) is 1. The van der Waals surface area contributed by atoms with Gasteiger partial charge in [0.05, 0.1) is 12.2 Å². The molecule has 4 rings (SSSR count). The Morgan fingerprint density at radius 3 is 2.92 bits per heavy atom. The van der Waals surface area contributed by atoms with Gasteiger partial charge in [0.15, 0.2) is 0 Å². The van der Waals surface area contributed by atoms with E-state index in [2.05, 4.69) is 12.4 Å². The molecule has 0 aromatic heterocycles. The number of epoxide rings is 1. The maximum absolute atomic E-state index is 5.68. The first-order valence-electron chi connectivity index (χ1n) is 5.71. The average Bonchev–Trinajstić information content (AvgIpc) is 2.60. The van der Waals surface area contributed by atoms with Gasteiger partial charge in [-0.2, -0.15) is 0 Å². The van der Waals surface area contributed by atoms with Crippen LogP contribution < -0.4 is 5.32 Å². The van der Waals surface area contributed by atoms with Crippen molar-refractivity contribution in [3.05, 3.63) is 0 Å². The first-order chi connectivity index (χ1) is 6.38. The monoisotopic (exact) mass is 179 g/mol. The summed E-state index contributed by atoms with van der Waals surface area (Å²) in [4.78, 5) is 0. The van der Waals surface area contributed by atoms with Gasteiger partial charge >= 0.3 is 0 Å². The van der Waals surface area contributed by atoms with Crippen molar-refractivity contribution < 1.29 is 4.74 Å². The molecule has 4 aliphatic rings. The molecule has 4 fully saturated rings. The van der Waals surface area contributed by atoms with Crippen LogP contribution in [0.2, 0.25) is 0 Å². The van der Waals surface area contributed by atoms with E-state index in [0.29, 0.717) is 12.2 Å². The molecule has 1 heterocycles. The molecular weight excluding hydrogens is 162 g/mol. The summed E-state index contributed by atoms with van der Waals surface area (Å²) < 4.78 is 5.68. The smallest absolute Gasteiger partial charge is 0.0876 e. The predicted octanol–water partition coefficient (Wildman–Crippen LogP) is 1.02. The quantitative estimate of drug-likeness (QED) is 0.608. The molecule has 1 aliphatic heterocycles. The van der Waals surface area contributed by atoms with Crippen LogP contribution in [0.3, 0.4) is 0 Å². The van der Waals surface area contributed by atoms with Crippen molar-refractivity contribution >= 4 is 0 Å². The fourth-order valence-electron chi connectivity index (χ4n) is 4.64. The van der Waals surface area contributed by atoms with Crippen molar-refractivity contribution in [1.29, 1.82) is 0 Å². The first-order valence-corrected chi connectivity index (χ1v) is 5.71. The highest BCUT2D eigenvalue weighted by atomic mass is 16.6. The van der Waals surface area contributed by atoms with E-state index >= 15 is 0 Å². The largest absolute Gasteiger partial charge is 0.369 e. The highest BCUT2D eigenvalue weighted by molar-refractivity contribution is 5.15. The first kappa shape index (κ1) is 7.24. The molecule has 7 atom stereocenters. The maximum atomic E-state index is 5.68. The molecular formula is C11H17NO. The van der Waals surface area contributed by atoms with E-state index in [4.69, 9.17) is 4.74 Å². The molecule has 0 aromatic carbocycles. The topological polar surface area (TPSA) is 24.6 Å². The lowest BCUT2D eigenvalue weighted by Gasteiger charge is -2.32. The molecule has 0 amide bonds. The summed E-state index contributed by atoms with van der Waals surface area (Å²) in [6, 6.07) is 0.814. The fraction of sp³-hybridized carbons (Fsp3) is 1.00. The minimum atomic E-state index is 0.691. The third kappa shape index (κ3) is 0.736. The predicted molar refractivity (Wildman–Crippen MR) is 49.3 cm³/mol. The van der Waals surface area contributed by atoms with Crippen molar-refractivity contribution in [2.24, 2.45) is 23.7 Å². The summed E-state index contributed by atoms with van der Waals surface area (Å²) in [7, 11) is 2.13. The molecule has 72 valence electrons. The molecule has 0 radical (unpaired) electrons. The highest BCUT2D eigenvalue weighted by Crippen LogP contribution is 2.64. The molecule has 13 heavy (non-hydrogen) atoms. The molecule has 2 bridgehead atoms.